The lowest BCUT2D eigenvalue weighted by Gasteiger charge is -2.22. The van der Waals surface area contributed by atoms with Gasteiger partial charge in [0.1, 0.15) is 4.60 Å². The average Bonchev–Trinajstić information content (AvgIpc) is 2.52. The molecule has 0 aliphatic heterocycles. The van der Waals surface area contributed by atoms with Crippen LogP contribution < -0.4 is 5.32 Å². The predicted octanol–water partition coefficient (Wildman–Crippen LogP) is 3.90. The third kappa shape index (κ3) is 4.07. The van der Waals surface area contributed by atoms with Gasteiger partial charge in [0.2, 0.25) is 0 Å². The van der Waals surface area contributed by atoms with E-state index in [4.69, 9.17) is 0 Å². The molecule has 1 aliphatic rings. The summed E-state index contributed by atoms with van der Waals surface area (Å²) in [5.41, 5.74) is 1.12. The van der Waals surface area contributed by atoms with Crippen molar-refractivity contribution in [3.8, 4) is 0 Å². The summed E-state index contributed by atoms with van der Waals surface area (Å²) in [4.78, 5) is 4.46. The van der Waals surface area contributed by atoms with E-state index in [1.807, 2.05) is 12.1 Å². The van der Waals surface area contributed by atoms with E-state index in [1.54, 1.807) is 0 Å². The zero-order valence-corrected chi connectivity index (χ0v) is 12.0. The Morgan fingerprint density at radius 3 is 2.94 bits per heavy atom. The number of hydrogen-bond donors (Lipinski definition) is 1. The molecule has 2 nitrogen and oxygen atoms in total. The lowest BCUT2D eigenvalue weighted by molar-refractivity contribution is 0.354. The van der Waals surface area contributed by atoms with Crippen molar-refractivity contribution in [2.75, 3.05) is 0 Å². The molecule has 1 saturated carbocycles. The Bertz CT molecular complexity index is 354. The second-order valence-electron chi connectivity index (χ2n) is 5.05. The van der Waals surface area contributed by atoms with Gasteiger partial charge in [-0.1, -0.05) is 32.3 Å². The number of halogens is 1. The van der Waals surface area contributed by atoms with Crippen LogP contribution in [0, 0.1) is 5.92 Å². The molecule has 2 rings (SSSR count). The van der Waals surface area contributed by atoms with Crippen molar-refractivity contribution in [3.05, 3.63) is 28.5 Å². The Labute approximate surface area is 112 Å². The number of pyridine rings is 1. The van der Waals surface area contributed by atoms with Crippen LogP contribution >= 0.6 is 15.9 Å². The third-order valence-electron chi connectivity index (χ3n) is 3.68. The summed E-state index contributed by atoms with van der Waals surface area (Å²) in [5.74, 6) is 0.796. The molecule has 2 unspecified atom stereocenters. The smallest absolute Gasteiger partial charge is 0.106 e. The fraction of sp³-hybridized carbons (Fsp3) is 0.643. The van der Waals surface area contributed by atoms with Gasteiger partial charge >= 0.3 is 0 Å². The second-order valence-corrected chi connectivity index (χ2v) is 5.87. The second kappa shape index (κ2) is 6.50. The minimum atomic E-state index is 0.665. The molecule has 1 aliphatic carbocycles. The summed E-state index contributed by atoms with van der Waals surface area (Å²) in [6.45, 7) is 3.26. The Hall–Kier alpha value is -0.410. The molecule has 2 atom stereocenters. The highest BCUT2D eigenvalue weighted by atomic mass is 79.9. The molecule has 94 valence electrons. The molecule has 1 aromatic rings. The average molecular weight is 297 g/mol. The first-order chi connectivity index (χ1) is 8.25. The Morgan fingerprint density at radius 1 is 1.29 bits per heavy atom. The van der Waals surface area contributed by atoms with Crippen molar-refractivity contribution >= 4 is 15.9 Å². The van der Waals surface area contributed by atoms with Gasteiger partial charge in [0, 0.05) is 12.6 Å². The normalized spacial score (nSPS) is 25.5. The zero-order valence-electron chi connectivity index (χ0n) is 10.5. The van der Waals surface area contributed by atoms with Gasteiger partial charge in [0.25, 0.3) is 0 Å². The molecule has 0 aromatic carbocycles. The molecule has 17 heavy (non-hydrogen) atoms. The van der Waals surface area contributed by atoms with Crippen molar-refractivity contribution in [1.82, 2.24) is 10.3 Å². The molecule has 1 aromatic heterocycles. The van der Waals surface area contributed by atoms with Crippen LogP contribution in [0.15, 0.2) is 22.8 Å². The van der Waals surface area contributed by atoms with Crippen LogP contribution in [0.4, 0.5) is 0 Å². The maximum absolute atomic E-state index is 4.46. The SMILES string of the molecule is CC1CCCCCC1NCc1cccc(Br)n1. The van der Waals surface area contributed by atoms with E-state index in [9.17, 15) is 0 Å². The Morgan fingerprint density at radius 2 is 2.12 bits per heavy atom. The van der Waals surface area contributed by atoms with E-state index >= 15 is 0 Å². The van der Waals surface area contributed by atoms with Crippen LogP contribution in [0.2, 0.25) is 0 Å². The molecule has 1 fully saturated rings. The van der Waals surface area contributed by atoms with E-state index in [2.05, 4.69) is 39.2 Å². The van der Waals surface area contributed by atoms with E-state index in [0.717, 1.165) is 22.8 Å². The zero-order chi connectivity index (χ0) is 12.1. The largest absolute Gasteiger partial charge is 0.308 e. The Kier molecular flexibility index (Phi) is 4.99. The summed E-state index contributed by atoms with van der Waals surface area (Å²) in [6.07, 6.45) is 6.85. The van der Waals surface area contributed by atoms with E-state index in [1.165, 1.54) is 32.1 Å². The topological polar surface area (TPSA) is 24.9 Å². The standard InChI is InChI=1S/C14H21BrN2/c1-11-6-3-2-4-8-13(11)16-10-12-7-5-9-14(15)17-12/h5,7,9,11,13,16H,2-4,6,8,10H2,1H3. The van der Waals surface area contributed by atoms with Crippen LogP contribution in [0.5, 0.6) is 0 Å². The van der Waals surface area contributed by atoms with Crippen LogP contribution in [0.25, 0.3) is 0 Å². The molecule has 1 heterocycles. The van der Waals surface area contributed by atoms with Gasteiger partial charge in [-0.3, -0.25) is 0 Å². The quantitative estimate of drug-likeness (QED) is 0.676. The summed E-state index contributed by atoms with van der Waals surface area (Å²) < 4.78 is 0.922. The van der Waals surface area contributed by atoms with Crippen molar-refractivity contribution in [3.63, 3.8) is 0 Å². The minimum Gasteiger partial charge on any atom is -0.308 e. The van der Waals surface area contributed by atoms with Crippen LogP contribution in [-0.2, 0) is 6.54 Å². The van der Waals surface area contributed by atoms with Gasteiger partial charge in [-0.05, 0) is 46.8 Å². The minimum absolute atomic E-state index is 0.665. The van der Waals surface area contributed by atoms with Crippen molar-refractivity contribution < 1.29 is 0 Å². The molecule has 0 bridgehead atoms. The monoisotopic (exact) mass is 296 g/mol. The highest BCUT2D eigenvalue weighted by Crippen LogP contribution is 2.23. The molecule has 0 saturated heterocycles. The summed E-state index contributed by atoms with van der Waals surface area (Å²) in [7, 11) is 0. The van der Waals surface area contributed by atoms with Crippen LogP contribution in [0.1, 0.15) is 44.7 Å². The number of rotatable bonds is 3. The molecular weight excluding hydrogens is 276 g/mol. The number of aromatic nitrogens is 1. The highest BCUT2D eigenvalue weighted by molar-refractivity contribution is 9.10. The molecule has 0 radical (unpaired) electrons. The maximum Gasteiger partial charge on any atom is 0.106 e. The van der Waals surface area contributed by atoms with Gasteiger partial charge < -0.3 is 5.32 Å². The Balaban J connectivity index is 1.88. The van der Waals surface area contributed by atoms with E-state index in [-0.39, 0.29) is 0 Å². The molecule has 0 spiro atoms. The van der Waals surface area contributed by atoms with Crippen LogP contribution in [0.3, 0.4) is 0 Å². The molecule has 1 N–H and O–H groups in total. The van der Waals surface area contributed by atoms with Gasteiger partial charge in [-0.15, -0.1) is 0 Å². The third-order valence-corrected chi connectivity index (χ3v) is 4.12. The number of hydrogen-bond acceptors (Lipinski definition) is 2. The van der Waals surface area contributed by atoms with Gasteiger partial charge in [0.05, 0.1) is 5.69 Å². The van der Waals surface area contributed by atoms with Gasteiger partial charge in [-0.25, -0.2) is 4.98 Å². The number of nitrogens with one attached hydrogen (secondary N) is 1. The first-order valence-electron chi connectivity index (χ1n) is 6.60. The summed E-state index contributed by atoms with van der Waals surface area (Å²) in [6, 6.07) is 6.76. The van der Waals surface area contributed by atoms with Gasteiger partial charge in [-0.2, -0.15) is 0 Å². The van der Waals surface area contributed by atoms with Gasteiger partial charge in [0.15, 0.2) is 0 Å². The fourth-order valence-corrected chi connectivity index (χ4v) is 2.96. The lowest BCUT2D eigenvalue weighted by Crippen LogP contribution is -2.34. The highest BCUT2D eigenvalue weighted by Gasteiger charge is 2.19. The van der Waals surface area contributed by atoms with Crippen LogP contribution in [-0.4, -0.2) is 11.0 Å². The molecular formula is C14H21BrN2. The van der Waals surface area contributed by atoms with E-state index in [0.29, 0.717) is 6.04 Å². The van der Waals surface area contributed by atoms with Crippen molar-refractivity contribution in [2.45, 2.75) is 51.6 Å². The number of nitrogens with zero attached hydrogens (tertiary/aromatic N) is 1. The van der Waals surface area contributed by atoms with Crippen molar-refractivity contribution in [2.24, 2.45) is 5.92 Å². The first-order valence-corrected chi connectivity index (χ1v) is 7.40. The lowest BCUT2D eigenvalue weighted by atomic mass is 9.97. The predicted molar refractivity (Wildman–Crippen MR) is 74.8 cm³/mol. The molecule has 0 amide bonds. The summed E-state index contributed by atoms with van der Waals surface area (Å²) in [5, 5.41) is 3.67. The maximum atomic E-state index is 4.46. The first kappa shape index (κ1) is 13.0. The van der Waals surface area contributed by atoms with Crippen molar-refractivity contribution in [1.29, 1.82) is 0 Å². The van der Waals surface area contributed by atoms with E-state index < -0.39 is 0 Å². The summed E-state index contributed by atoms with van der Waals surface area (Å²) >= 11 is 3.41. The molecule has 3 heteroatoms. The fourth-order valence-electron chi connectivity index (χ4n) is 2.58.